The van der Waals surface area contributed by atoms with Crippen LogP contribution in [0.2, 0.25) is 0 Å². The topological polar surface area (TPSA) is 52.6 Å². The summed E-state index contributed by atoms with van der Waals surface area (Å²) in [5.74, 6) is -1.95. The number of hydrogen-bond donors (Lipinski definition) is 0. The van der Waals surface area contributed by atoms with E-state index in [4.69, 9.17) is 9.47 Å². The number of Topliss-reactive ketones (excluding diaryl/α,β-unsaturated/α-hetero) is 2. The van der Waals surface area contributed by atoms with E-state index in [9.17, 15) is 9.59 Å². The molecule has 3 fully saturated rings. The molecular weight excluding hydrogens is 380 g/mol. The lowest BCUT2D eigenvalue weighted by molar-refractivity contribution is -0.216. The van der Waals surface area contributed by atoms with Crippen LogP contribution in [0.25, 0.3) is 0 Å². The molecule has 19 heavy (non-hydrogen) atoms. The lowest BCUT2D eigenvalue weighted by Crippen LogP contribution is -2.57. The summed E-state index contributed by atoms with van der Waals surface area (Å²) >= 11 is 7.13. The van der Waals surface area contributed by atoms with Crippen molar-refractivity contribution in [2.24, 2.45) is 11.8 Å². The third kappa shape index (κ3) is 1.20. The average Bonchev–Trinajstić information content (AvgIpc) is 2.69. The van der Waals surface area contributed by atoms with Gasteiger partial charge in [0.1, 0.15) is 0 Å². The summed E-state index contributed by atoms with van der Waals surface area (Å²) in [4.78, 5) is 25.0. The lowest BCUT2D eigenvalue weighted by atomic mass is 9.70. The van der Waals surface area contributed by atoms with Crippen LogP contribution in [-0.4, -0.2) is 40.2 Å². The highest BCUT2D eigenvalue weighted by molar-refractivity contribution is 9.11. The van der Waals surface area contributed by atoms with Gasteiger partial charge in [-0.25, -0.2) is 0 Å². The van der Waals surface area contributed by atoms with Gasteiger partial charge >= 0.3 is 0 Å². The first-order valence-electron chi connectivity index (χ1n) is 6.49. The minimum absolute atomic E-state index is 0.0747. The molecule has 0 aromatic rings. The van der Waals surface area contributed by atoms with Crippen molar-refractivity contribution in [3.05, 3.63) is 0 Å². The number of methoxy groups -OCH3 is 2. The zero-order valence-electron chi connectivity index (χ0n) is 10.9. The first-order chi connectivity index (χ1) is 8.91. The Morgan fingerprint density at radius 3 is 1.63 bits per heavy atom. The minimum atomic E-state index is -1.26. The van der Waals surface area contributed by atoms with Crippen LogP contribution < -0.4 is 0 Å². The molecule has 0 N–H and O–H groups in total. The van der Waals surface area contributed by atoms with Crippen molar-refractivity contribution in [1.29, 1.82) is 0 Å². The Balaban J connectivity index is 2.27. The highest BCUT2D eigenvalue weighted by Crippen LogP contribution is 2.71. The van der Waals surface area contributed by atoms with Gasteiger partial charge in [0, 0.05) is 14.2 Å². The van der Waals surface area contributed by atoms with Crippen molar-refractivity contribution >= 4 is 43.4 Å². The Kier molecular flexibility index (Phi) is 3.07. The number of fused-ring (bicyclic) bond motifs is 5. The Morgan fingerprint density at radius 2 is 1.32 bits per heavy atom. The van der Waals surface area contributed by atoms with Gasteiger partial charge in [0.05, 0.1) is 0 Å². The van der Waals surface area contributed by atoms with E-state index in [0.717, 1.165) is 25.7 Å². The summed E-state index contributed by atoms with van der Waals surface area (Å²) in [7, 11) is 3.00. The monoisotopic (exact) mass is 394 g/mol. The van der Waals surface area contributed by atoms with E-state index in [1.54, 1.807) is 0 Å². The molecule has 4 nitrogen and oxygen atoms in total. The normalized spacial score (nSPS) is 47.6. The second-order valence-electron chi connectivity index (χ2n) is 5.60. The molecule has 2 bridgehead atoms. The molecule has 0 heterocycles. The van der Waals surface area contributed by atoms with Gasteiger partial charge in [-0.15, -0.1) is 0 Å². The molecule has 3 aliphatic carbocycles. The Bertz CT molecular complexity index is 424. The van der Waals surface area contributed by atoms with Gasteiger partial charge in [-0.2, -0.15) is 0 Å². The first-order valence-corrected chi connectivity index (χ1v) is 8.07. The average molecular weight is 396 g/mol. The van der Waals surface area contributed by atoms with Crippen LogP contribution in [0, 0.1) is 11.8 Å². The van der Waals surface area contributed by atoms with Crippen molar-refractivity contribution < 1.29 is 19.1 Å². The highest BCUT2D eigenvalue weighted by Gasteiger charge is 2.88. The quantitative estimate of drug-likeness (QED) is 0.408. The zero-order valence-corrected chi connectivity index (χ0v) is 14.0. The maximum Gasteiger partial charge on any atom is 0.222 e. The Hall–Kier alpha value is 0.220. The molecule has 6 heteroatoms. The van der Waals surface area contributed by atoms with Crippen LogP contribution in [0.5, 0.6) is 0 Å². The number of rotatable bonds is 2. The van der Waals surface area contributed by atoms with Crippen LogP contribution in [0.15, 0.2) is 0 Å². The smallest absolute Gasteiger partial charge is 0.222 e. The molecule has 3 aliphatic rings. The SMILES string of the molecule is COC1(OC)[C@@]2(Br)C(=O)C(=O)[C@]1(Br)[C@@H]1CCCC[C@@H]12. The molecule has 0 spiro atoms. The third-order valence-electron chi connectivity index (χ3n) is 5.19. The molecule has 3 saturated carbocycles. The third-order valence-corrected chi connectivity index (χ3v) is 8.13. The zero-order chi connectivity index (χ0) is 14.1. The molecule has 0 aliphatic heterocycles. The standard InChI is InChI=1S/C13H16Br2O4/c1-18-13(19-2)11(14)7-5-3-4-6-8(7)12(13,15)10(17)9(11)16/h7-8H,3-6H2,1-2H3/t7-,8+,11-,12+. The summed E-state index contributed by atoms with van der Waals surface area (Å²) in [6.45, 7) is 0. The number of carbonyl (C=O) groups is 2. The van der Waals surface area contributed by atoms with E-state index in [0.29, 0.717) is 0 Å². The van der Waals surface area contributed by atoms with Crippen molar-refractivity contribution in [3.63, 3.8) is 0 Å². The largest absolute Gasteiger partial charge is 0.350 e. The second kappa shape index (κ2) is 4.12. The fraction of sp³-hybridized carbons (Fsp3) is 0.846. The minimum Gasteiger partial charge on any atom is -0.350 e. The van der Waals surface area contributed by atoms with Gasteiger partial charge in [0.2, 0.25) is 17.4 Å². The van der Waals surface area contributed by atoms with Crippen molar-refractivity contribution in [3.8, 4) is 0 Å². The Morgan fingerprint density at radius 1 is 0.947 bits per heavy atom. The van der Waals surface area contributed by atoms with Gasteiger partial charge in [0.15, 0.2) is 8.65 Å². The summed E-state index contributed by atoms with van der Waals surface area (Å²) in [6, 6.07) is 0. The number of alkyl halides is 2. The number of hydrogen-bond acceptors (Lipinski definition) is 4. The van der Waals surface area contributed by atoms with E-state index in [2.05, 4.69) is 31.9 Å². The first kappa shape index (κ1) is 14.2. The fourth-order valence-electron chi connectivity index (χ4n) is 4.48. The van der Waals surface area contributed by atoms with Crippen LogP contribution in [0.3, 0.4) is 0 Å². The molecule has 0 aromatic carbocycles. The molecule has 4 atom stereocenters. The van der Waals surface area contributed by atoms with Gasteiger partial charge in [-0.3, -0.25) is 9.59 Å². The summed E-state index contributed by atoms with van der Waals surface area (Å²) in [6.07, 6.45) is 3.97. The second-order valence-corrected chi connectivity index (χ2v) is 8.11. The molecule has 106 valence electrons. The predicted octanol–water partition coefficient (Wildman–Crippen LogP) is 2.21. The lowest BCUT2D eigenvalue weighted by Gasteiger charge is -2.38. The summed E-state index contributed by atoms with van der Waals surface area (Å²) in [5, 5.41) is 0. The molecule has 0 unspecified atom stereocenters. The van der Waals surface area contributed by atoms with Gasteiger partial charge in [0.25, 0.3) is 0 Å². The van der Waals surface area contributed by atoms with Crippen LogP contribution >= 0.6 is 31.9 Å². The van der Waals surface area contributed by atoms with Gasteiger partial charge in [-0.05, 0) is 24.7 Å². The maximum atomic E-state index is 12.5. The van der Waals surface area contributed by atoms with Crippen molar-refractivity contribution in [1.82, 2.24) is 0 Å². The molecule has 0 amide bonds. The van der Waals surface area contributed by atoms with E-state index >= 15 is 0 Å². The van der Waals surface area contributed by atoms with Gasteiger partial charge in [-0.1, -0.05) is 44.7 Å². The molecule has 0 saturated heterocycles. The van der Waals surface area contributed by atoms with Gasteiger partial charge < -0.3 is 9.47 Å². The molecule has 0 radical (unpaired) electrons. The Labute approximate surface area is 128 Å². The number of carbonyl (C=O) groups excluding carboxylic acids is 2. The molecule has 3 rings (SSSR count). The van der Waals surface area contributed by atoms with E-state index in [1.165, 1.54) is 14.2 Å². The maximum absolute atomic E-state index is 12.5. The fourth-order valence-corrected chi connectivity index (χ4v) is 7.47. The van der Waals surface area contributed by atoms with E-state index in [1.807, 2.05) is 0 Å². The van der Waals surface area contributed by atoms with E-state index in [-0.39, 0.29) is 11.8 Å². The number of halogens is 2. The van der Waals surface area contributed by atoms with E-state index < -0.39 is 26.0 Å². The summed E-state index contributed by atoms with van der Waals surface area (Å²) in [5.41, 5.74) is 0. The number of ether oxygens (including phenoxy) is 2. The predicted molar refractivity (Wildman–Crippen MR) is 75.5 cm³/mol. The summed E-state index contributed by atoms with van der Waals surface area (Å²) < 4.78 is 9.11. The van der Waals surface area contributed by atoms with Crippen LogP contribution in [0.1, 0.15) is 25.7 Å². The van der Waals surface area contributed by atoms with Crippen LogP contribution in [-0.2, 0) is 19.1 Å². The van der Waals surface area contributed by atoms with Crippen molar-refractivity contribution in [2.45, 2.75) is 40.1 Å². The van der Waals surface area contributed by atoms with Crippen LogP contribution in [0.4, 0.5) is 0 Å². The number of ketones is 2. The highest BCUT2D eigenvalue weighted by atomic mass is 79.9. The molecule has 0 aromatic heterocycles. The molecular formula is C13H16Br2O4. The van der Waals surface area contributed by atoms with Crippen molar-refractivity contribution in [2.75, 3.05) is 14.2 Å².